The van der Waals surface area contributed by atoms with Crippen LogP contribution in [0.5, 0.6) is 5.75 Å². The highest BCUT2D eigenvalue weighted by Gasteiger charge is 2.34. The van der Waals surface area contributed by atoms with Gasteiger partial charge in [0.15, 0.2) is 10.8 Å². The molecule has 11 rings (SSSR count). The summed E-state index contributed by atoms with van der Waals surface area (Å²) in [5, 5.41) is 11.9. The first kappa shape index (κ1) is 51.9. The number of rotatable bonds is 13. The lowest BCUT2D eigenvalue weighted by molar-refractivity contribution is -0.134. The molecule has 4 aromatic carbocycles. The normalized spacial score (nSPS) is 19.7. The molecule has 77 heavy (non-hydrogen) atoms. The number of fused-ring (bicyclic) bond motifs is 3. The van der Waals surface area contributed by atoms with Crippen molar-refractivity contribution >= 4 is 72.8 Å². The number of piperazine rings is 1. The van der Waals surface area contributed by atoms with Crippen LogP contribution in [0.1, 0.15) is 122 Å². The van der Waals surface area contributed by atoms with Gasteiger partial charge in [-0.2, -0.15) is 5.10 Å². The molecule has 15 nitrogen and oxygen atoms in total. The number of aromatic nitrogens is 4. The highest BCUT2D eigenvalue weighted by molar-refractivity contribution is 7.22. The summed E-state index contributed by atoms with van der Waals surface area (Å²) in [4.78, 5) is 69.5. The fourth-order valence-electron chi connectivity index (χ4n) is 12.2. The fourth-order valence-corrected chi connectivity index (χ4v) is 13.0. The van der Waals surface area contributed by atoms with Crippen LogP contribution < -0.4 is 25.2 Å². The summed E-state index contributed by atoms with van der Waals surface area (Å²) >= 11 is 1.45. The van der Waals surface area contributed by atoms with Gasteiger partial charge in [0.1, 0.15) is 17.2 Å². The van der Waals surface area contributed by atoms with E-state index >= 15 is 0 Å². The van der Waals surface area contributed by atoms with Gasteiger partial charge in [-0.3, -0.25) is 34.6 Å². The molecule has 0 bridgehead atoms. The number of piperidine rings is 1. The topological polar surface area (TPSA) is 164 Å². The molecule has 1 aliphatic carbocycles. The van der Waals surface area contributed by atoms with Crippen molar-refractivity contribution in [3.8, 4) is 16.9 Å². The van der Waals surface area contributed by atoms with Crippen LogP contribution in [0.3, 0.4) is 0 Å². The third-order valence-corrected chi connectivity index (χ3v) is 16.9. The number of hydrogen-bond acceptors (Lipinski definition) is 13. The number of hydrogen-bond donors (Lipinski definition) is 2. The first-order chi connectivity index (χ1) is 37.1. The molecule has 0 unspecified atom stereocenters. The largest absolute Gasteiger partial charge is 0.490 e. The van der Waals surface area contributed by atoms with Crippen LogP contribution in [0.15, 0.2) is 91.0 Å². The van der Waals surface area contributed by atoms with Crippen molar-refractivity contribution in [1.29, 1.82) is 0 Å². The minimum Gasteiger partial charge on any atom is -0.490 e. The summed E-state index contributed by atoms with van der Waals surface area (Å²) in [6.07, 6.45) is 7.07. The van der Waals surface area contributed by atoms with E-state index in [0.29, 0.717) is 66.3 Å². The van der Waals surface area contributed by atoms with Crippen molar-refractivity contribution < 1.29 is 28.7 Å². The van der Waals surface area contributed by atoms with Crippen LogP contribution in [-0.2, 0) is 34.3 Å². The third-order valence-electron chi connectivity index (χ3n) is 16.0. The Balaban J connectivity index is 0.709. The average molecular weight is 1060 g/mol. The molecule has 16 heteroatoms. The molecule has 6 heterocycles. The number of pyridine rings is 1. The summed E-state index contributed by atoms with van der Waals surface area (Å²) in [5.41, 5.74) is 8.43. The lowest BCUT2D eigenvalue weighted by Crippen LogP contribution is -2.47. The first-order valence-corrected chi connectivity index (χ1v) is 28.2. The molecular formula is C61H69N9O6S. The van der Waals surface area contributed by atoms with Crippen LogP contribution in [0, 0.1) is 18.8 Å². The number of esters is 1. The number of carbonyl (C=O) groups is 4. The second kappa shape index (κ2) is 21.7. The smallest absolute Gasteiger partial charge is 0.358 e. The van der Waals surface area contributed by atoms with E-state index in [1.807, 2.05) is 105 Å². The number of nitrogens with zero attached hydrogens (tertiary/aromatic N) is 7. The zero-order valence-electron chi connectivity index (χ0n) is 45.1. The molecule has 0 spiro atoms. The van der Waals surface area contributed by atoms with Gasteiger partial charge in [-0.15, -0.1) is 0 Å². The zero-order valence-corrected chi connectivity index (χ0v) is 45.9. The van der Waals surface area contributed by atoms with Gasteiger partial charge in [0.2, 0.25) is 11.8 Å². The Morgan fingerprint density at radius 2 is 1.61 bits per heavy atom. The van der Waals surface area contributed by atoms with Gasteiger partial charge in [0.05, 0.1) is 39.1 Å². The predicted octanol–water partition coefficient (Wildman–Crippen LogP) is 10.6. The van der Waals surface area contributed by atoms with E-state index in [0.717, 1.165) is 119 Å². The molecule has 3 aromatic heterocycles. The monoisotopic (exact) mass is 1060 g/mol. The van der Waals surface area contributed by atoms with E-state index in [2.05, 4.69) is 62.4 Å². The van der Waals surface area contributed by atoms with Crippen LogP contribution in [0.2, 0.25) is 0 Å². The number of nitrogens with one attached hydrogen (secondary N) is 2. The minimum absolute atomic E-state index is 0.105. The van der Waals surface area contributed by atoms with Crippen molar-refractivity contribution in [2.24, 2.45) is 18.9 Å². The maximum absolute atomic E-state index is 14.2. The number of ether oxygens (including phenoxy) is 2. The third kappa shape index (κ3) is 11.2. The van der Waals surface area contributed by atoms with Gasteiger partial charge in [0, 0.05) is 75.8 Å². The summed E-state index contributed by atoms with van der Waals surface area (Å²) in [7, 11) is 1.95. The Bertz CT molecular complexity index is 3350. The van der Waals surface area contributed by atoms with E-state index < -0.39 is 17.5 Å². The molecule has 3 amide bonds. The fraction of sp³-hybridized carbons (Fsp3) is 0.426. The number of benzene rings is 4. The second-order valence-corrected chi connectivity index (χ2v) is 23.7. The van der Waals surface area contributed by atoms with Crippen molar-refractivity contribution in [1.82, 2.24) is 30.0 Å². The summed E-state index contributed by atoms with van der Waals surface area (Å²) in [5.74, 6) is 1.09. The Kier molecular flexibility index (Phi) is 14.6. The standard InChI is InChI=1S/C61H69N9O6S/c1-37(35-68-30-32-69(33-31-68)49-17-10-15-45-54(66-67(6)56(45)49)46-25-27-53(71)64-58(46)73)34-39-20-22-41(23-21-39)75-50-18-11-13-42(38(50)2)43-24-26-52(63-55(43)59(74)76-61(3,4)5)70-29-28-40-12-9-14-44(47(40)36-70)57(72)65-60-62-48-16-7-8-19-51(48)77-60/h7-19,24,26,37,39,41,46H,20-23,25,27-36H2,1-6H3,(H,62,65,72)(H,64,71,73)/t37-,39?,41?,46-/m1/s1. The quantitative estimate of drug-likeness (QED) is 0.0831. The molecule has 7 aromatic rings. The number of para-hydroxylation sites is 2. The summed E-state index contributed by atoms with van der Waals surface area (Å²) in [6, 6.07) is 30.0. The molecule has 3 aliphatic heterocycles. The average Bonchev–Trinajstić information content (AvgIpc) is 4.00. The summed E-state index contributed by atoms with van der Waals surface area (Å²) < 4.78 is 15.8. The van der Waals surface area contributed by atoms with Crippen LogP contribution in [0.4, 0.5) is 16.6 Å². The number of anilines is 3. The van der Waals surface area contributed by atoms with E-state index in [1.54, 1.807) is 0 Å². The molecular weight excluding hydrogens is 987 g/mol. The van der Waals surface area contributed by atoms with Gasteiger partial charge < -0.3 is 19.3 Å². The van der Waals surface area contributed by atoms with Gasteiger partial charge in [0.25, 0.3) is 5.91 Å². The van der Waals surface area contributed by atoms with Gasteiger partial charge in [-0.25, -0.2) is 14.8 Å². The zero-order chi connectivity index (χ0) is 53.5. The molecule has 0 radical (unpaired) electrons. The highest BCUT2D eigenvalue weighted by Crippen LogP contribution is 2.39. The lowest BCUT2D eigenvalue weighted by Gasteiger charge is -2.38. The molecule has 400 valence electrons. The van der Waals surface area contributed by atoms with Gasteiger partial charge in [-0.05, 0) is 149 Å². The van der Waals surface area contributed by atoms with Crippen LogP contribution in [0.25, 0.3) is 32.2 Å². The minimum atomic E-state index is -0.736. The number of carbonyl (C=O) groups excluding carboxylic acids is 4. The Morgan fingerprint density at radius 1 is 0.831 bits per heavy atom. The van der Waals surface area contributed by atoms with E-state index in [9.17, 15) is 19.2 Å². The number of aryl methyl sites for hydroxylation is 1. The van der Waals surface area contributed by atoms with Crippen molar-refractivity contribution in [3.05, 3.63) is 125 Å². The number of imide groups is 1. The molecule has 1 saturated carbocycles. The van der Waals surface area contributed by atoms with E-state index in [1.165, 1.54) is 17.8 Å². The highest BCUT2D eigenvalue weighted by atomic mass is 32.1. The maximum Gasteiger partial charge on any atom is 0.358 e. The molecule has 2 atom stereocenters. The second-order valence-electron chi connectivity index (χ2n) is 22.6. The Labute approximate surface area is 454 Å². The van der Waals surface area contributed by atoms with Crippen molar-refractivity contribution in [2.75, 3.05) is 54.4 Å². The van der Waals surface area contributed by atoms with Crippen LogP contribution >= 0.6 is 11.3 Å². The predicted molar refractivity (Wildman–Crippen MR) is 303 cm³/mol. The maximum atomic E-state index is 14.2. The Morgan fingerprint density at radius 3 is 2.39 bits per heavy atom. The van der Waals surface area contributed by atoms with E-state index in [4.69, 9.17) is 19.6 Å². The van der Waals surface area contributed by atoms with Gasteiger partial charge >= 0.3 is 5.97 Å². The molecule has 2 saturated heterocycles. The lowest BCUT2D eigenvalue weighted by atomic mass is 9.82. The molecule has 4 aliphatic rings. The van der Waals surface area contributed by atoms with Crippen molar-refractivity contribution in [3.63, 3.8) is 0 Å². The van der Waals surface area contributed by atoms with Crippen molar-refractivity contribution in [2.45, 2.75) is 110 Å². The number of amides is 3. The Hall–Kier alpha value is -7.17. The molecule has 3 fully saturated rings. The first-order valence-electron chi connectivity index (χ1n) is 27.4. The summed E-state index contributed by atoms with van der Waals surface area (Å²) in [6.45, 7) is 16.1. The van der Waals surface area contributed by atoms with Crippen LogP contribution in [-0.4, -0.2) is 99.3 Å². The SMILES string of the molecule is Cc1c(OC2CCC(C[C@@H](C)CN3CCN(c4cccc5c([C@H]6CCC(=O)NC6=O)nn(C)c45)CC3)CC2)cccc1-c1ccc(N2CCc3cccc(C(=O)Nc4nc5ccccc5s4)c3C2)nc1C(=O)OC(C)(C)C. The van der Waals surface area contributed by atoms with E-state index in [-0.39, 0.29) is 29.5 Å². The van der Waals surface area contributed by atoms with Gasteiger partial charge in [-0.1, -0.05) is 66.8 Å². The molecule has 2 N–H and O–H groups in total. The number of thiazole rings is 1.